The molecule has 132 valence electrons. The minimum atomic E-state index is -0.491. The Kier molecular flexibility index (Phi) is 5.28. The predicted molar refractivity (Wildman–Crippen MR) is 93.7 cm³/mol. The van der Waals surface area contributed by atoms with Crippen LogP contribution >= 0.6 is 11.8 Å². The summed E-state index contributed by atoms with van der Waals surface area (Å²) in [6, 6.07) is 12.8. The molecule has 0 saturated carbocycles. The highest BCUT2D eigenvalue weighted by atomic mass is 32.2. The van der Waals surface area contributed by atoms with Crippen LogP contribution in [0.2, 0.25) is 0 Å². The summed E-state index contributed by atoms with van der Waals surface area (Å²) in [7, 11) is 0. The fraction of sp³-hybridized carbons (Fsp3) is 0.118. The van der Waals surface area contributed by atoms with Crippen molar-refractivity contribution >= 4 is 23.4 Å². The highest BCUT2D eigenvalue weighted by Gasteiger charge is 2.15. The van der Waals surface area contributed by atoms with Gasteiger partial charge in [-0.1, -0.05) is 12.1 Å². The lowest BCUT2D eigenvalue weighted by Gasteiger charge is -2.06. The van der Waals surface area contributed by atoms with E-state index in [0.29, 0.717) is 11.1 Å². The van der Waals surface area contributed by atoms with Crippen LogP contribution in [-0.4, -0.2) is 27.3 Å². The number of aromatic nitrogens is 2. The third kappa shape index (κ3) is 3.89. The van der Waals surface area contributed by atoms with Gasteiger partial charge in [-0.05, 0) is 30.5 Å². The number of hydrogen-bond donors (Lipinski definition) is 0. The topological polar surface area (TPSA) is 108 Å². The molecule has 0 fully saturated rings. The number of benzene rings is 2. The molecule has 26 heavy (non-hydrogen) atoms. The Bertz CT molecular complexity index is 940. The van der Waals surface area contributed by atoms with E-state index in [1.165, 1.54) is 36.0 Å². The fourth-order valence-corrected chi connectivity index (χ4v) is 2.76. The molecule has 3 aromatic rings. The molecular formula is C17H13N3O5S. The highest BCUT2D eigenvalue weighted by molar-refractivity contribution is 7.98. The molecule has 1 aromatic heterocycles. The molecule has 0 atom stereocenters. The van der Waals surface area contributed by atoms with Crippen LogP contribution in [0.25, 0.3) is 11.5 Å². The number of carbonyl (C=O) groups is 1. The lowest BCUT2D eigenvalue weighted by molar-refractivity contribution is -0.384. The van der Waals surface area contributed by atoms with Crippen molar-refractivity contribution in [3.05, 3.63) is 70.1 Å². The lowest BCUT2D eigenvalue weighted by Crippen LogP contribution is -2.06. The quantitative estimate of drug-likeness (QED) is 0.279. The maximum absolute atomic E-state index is 12.2. The van der Waals surface area contributed by atoms with Crippen molar-refractivity contribution in [3.8, 4) is 11.5 Å². The number of esters is 1. The normalized spacial score (nSPS) is 10.5. The highest BCUT2D eigenvalue weighted by Crippen LogP contribution is 2.23. The van der Waals surface area contributed by atoms with Crippen LogP contribution in [0.3, 0.4) is 0 Å². The molecule has 0 aliphatic carbocycles. The Labute approximate surface area is 152 Å². The van der Waals surface area contributed by atoms with Crippen LogP contribution in [0.4, 0.5) is 5.69 Å². The second-order valence-corrected chi connectivity index (χ2v) is 5.93. The van der Waals surface area contributed by atoms with Crippen LogP contribution < -0.4 is 0 Å². The van der Waals surface area contributed by atoms with Gasteiger partial charge in [-0.25, -0.2) is 4.79 Å². The Morgan fingerprint density at radius 3 is 2.62 bits per heavy atom. The molecule has 0 saturated heterocycles. The summed E-state index contributed by atoms with van der Waals surface area (Å²) in [6.07, 6.45) is 1.88. The Balaban J connectivity index is 1.67. The molecule has 0 aliphatic heterocycles. The summed E-state index contributed by atoms with van der Waals surface area (Å²) in [5.41, 5.74) is 0.971. The number of ether oxygens (including phenoxy) is 1. The van der Waals surface area contributed by atoms with E-state index >= 15 is 0 Å². The molecule has 1 heterocycles. The van der Waals surface area contributed by atoms with Gasteiger partial charge in [0.25, 0.3) is 11.6 Å². The Hall–Kier alpha value is -3.20. The summed E-state index contributed by atoms with van der Waals surface area (Å²) < 4.78 is 10.7. The molecule has 0 aliphatic rings. The molecule has 0 unspecified atom stereocenters. The van der Waals surface area contributed by atoms with Gasteiger partial charge in [0.05, 0.1) is 10.5 Å². The first-order chi connectivity index (χ1) is 12.6. The molecule has 8 nitrogen and oxygen atoms in total. The first-order valence-corrected chi connectivity index (χ1v) is 8.68. The average molecular weight is 371 g/mol. The van der Waals surface area contributed by atoms with Crippen LogP contribution in [0.1, 0.15) is 16.2 Å². The third-order valence-corrected chi connectivity index (χ3v) is 4.24. The summed E-state index contributed by atoms with van der Waals surface area (Å²) in [5, 5.41) is 18.4. The summed E-state index contributed by atoms with van der Waals surface area (Å²) in [4.78, 5) is 23.2. The molecule has 0 bridgehead atoms. The number of hydrogen-bond acceptors (Lipinski definition) is 8. The molecule has 9 heteroatoms. The first-order valence-electron chi connectivity index (χ1n) is 7.46. The first kappa shape index (κ1) is 17.6. The SMILES string of the molecule is CSc1ccccc1C(=O)OCc1nnc(-c2ccc([N+](=O)[O-])cc2)o1. The molecule has 3 rings (SSSR count). The summed E-state index contributed by atoms with van der Waals surface area (Å²) in [6.45, 7) is -0.165. The number of nitro benzene ring substituents is 1. The summed E-state index contributed by atoms with van der Waals surface area (Å²) in [5.74, 6) is -0.158. The molecular weight excluding hydrogens is 358 g/mol. The molecule has 0 amide bonds. The molecule has 0 radical (unpaired) electrons. The Morgan fingerprint density at radius 1 is 1.19 bits per heavy atom. The van der Waals surface area contributed by atoms with Crippen LogP contribution in [0.15, 0.2) is 57.8 Å². The van der Waals surface area contributed by atoms with Gasteiger partial charge in [0.1, 0.15) is 0 Å². The van der Waals surface area contributed by atoms with E-state index in [1.807, 2.05) is 18.4 Å². The molecule has 0 N–H and O–H groups in total. The minimum absolute atomic E-state index is 0.0325. The third-order valence-electron chi connectivity index (χ3n) is 3.45. The lowest BCUT2D eigenvalue weighted by atomic mass is 10.2. The van der Waals surface area contributed by atoms with E-state index in [-0.39, 0.29) is 24.1 Å². The smallest absolute Gasteiger partial charge is 0.339 e. The van der Waals surface area contributed by atoms with Crippen molar-refractivity contribution < 1.29 is 18.9 Å². The second kappa shape index (κ2) is 7.79. The number of thioether (sulfide) groups is 1. The second-order valence-electron chi connectivity index (χ2n) is 5.08. The van der Waals surface area contributed by atoms with Gasteiger partial charge < -0.3 is 9.15 Å². The van der Waals surface area contributed by atoms with E-state index in [0.717, 1.165) is 4.90 Å². The van der Waals surface area contributed by atoms with Crippen LogP contribution in [0.5, 0.6) is 0 Å². The maximum atomic E-state index is 12.2. The van der Waals surface area contributed by atoms with Crippen molar-refractivity contribution in [2.75, 3.05) is 6.26 Å². The van der Waals surface area contributed by atoms with E-state index in [4.69, 9.17) is 9.15 Å². The van der Waals surface area contributed by atoms with Gasteiger partial charge in [0.2, 0.25) is 5.89 Å². The van der Waals surface area contributed by atoms with Crippen molar-refractivity contribution in [1.29, 1.82) is 0 Å². The van der Waals surface area contributed by atoms with Crippen molar-refractivity contribution in [3.63, 3.8) is 0 Å². The largest absolute Gasteiger partial charge is 0.452 e. The van der Waals surface area contributed by atoms with Gasteiger partial charge in [0.15, 0.2) is 6.61 Å². The van der Waals surface area contributed by atoms with E-state index in [2.05, 4.69) is 10.2 Å². The van der Waals surface area contributed by atoms with Gasteiger partial charge >= 0.3 is 5.97 Å². The number of non-ortho nitro benzene ring substituents is 1. The van der Waals surface area contributed by atoms with Gasteiger partial charge in [-0.3, -0.25) is 10.1 Å². The van der Waals surface area contributed by atoms with E-state index < -0.39 is 10.9 Å². The number of carbonyl (C=O) groups excluding carboxylic acids is 1. The van der Waals surface area contributed by atoms with Gasteiger partial charge in [-0.15, -0.1) is 22.0 Å². The summed E-state index contributed by atoms with van der Waals surface area (Å²) >= 11 is 1.45. The van der Waals surface area contributed by atoms with Crippen molar-refractivity contribution in [2.45, 2.75) is 11.5 Å². The maximum Gasteiger partial charge on any atom is 0.339 e. The van der Waals surface area contributed by atoms with Gasteiger partial charge in [-0.2, -0.15) is 0 Å². The number of nitrogens with zero attached hydrogens (tertiary/aromatic N) is 3. The zero-order valence-corrected chi connectivity index (χ0v) is 14.4. The van der Waals surface area contributed by atoms with E-state index in [1.54, 1.807) is 12.1 Å². The zero-order chi connectivity index (χ0) is 18.5. The number of rotatable bonds is 6. The molecule has 2 aromatic carbocycles. The predicted octanol–water partition coefficient (Wildman–Crippen LogP) is 3.72. The zero-order valence-electron chi connectivity index (χ0n) is 13.6. The van der Waals surface area contributed by atoms with Crippen molar-refractivity contribution in [1.82, 2.24) is 10.2 Å². The van der Waals surface area contributed by atoms with Gasteiger partial charge in [0, 0.05) is 22.6 Å². The Morgan fingerprint density at radius 2 is 1.92 bits per heavy atom. The fourth-order valence-electron chi connectivity index (χ4n) is 2.17. The van der Waals surface area contributed by atoms with E-state index in [9.17, 15) is 14.9 Å². The average Bonchev–Trinajstić information content (AvgIpc) is 3.15. The molecule has 0 spiro atoms. The number of nitro groups is 1. The van der Waals surface area contributed by atoms with Crippen LogP contribution in [0, 0.1) is 10.1 Å². The standard InChI is InChI=1S/C17H13N3O5S/c1-26-14-5-3-2-4-13(14)17(21)24-10-15-18-19-16(25-15)11-6-8-12(9-7-11)20(22)23/h2-9H,10H2,1H3. The van der Waals surface area contributed by atoms with Crippen molar-refractivity contribution in [2.24, 2.45) is 0 Å². The monoisotopic (exact) mass is 371 g/mol. The minimum Gasteiger partial charge on any atom is -0.452 e. The van der Waals surface area contributed by atoms with Crippen LogP contribution in [-0.2, 0) is 11.3 Å².